The third kappa shape index (κ3) is 3.85. The van der Waals surface area contributed by atoms with Crippen LogP contribution in [0.2, 0.25) is 0 Å². The summed E-state index contributed by atoms with van der Waals surface area (Å²) in [6.07, 6.45) is 0.185. The van der Waals surface area contributed by atoms with E-state index in [2.05, 4.69) is 4.74 Å². The highest BCUT2D eigenvalue weighted by Gasteiger charge is 2.44. The van der Waals surface area contributed by atoms with Gasteiger partial charge in [-0.2, -0.15) is 0 Å². The van der Waals surface area contributed by atoms with Crippen molar-refractivity contribution in [2.45, 2.75) is 45.3 Å². The van der Waals surface area contributed by atoms with Crippen LogP contribution in [0, 0.1) is 5.92 Å². The number of esters is 1. The summed E-state index contributed by atoms with van der Waals surface area (Å²) in [6, 6.07) is -1.24. The molecule has 0 aromatic rings. The molecule has 0 aromatic carbocycles. The fourth-order valence-corrected chi connectivity index (χ4v) is 2.22. The molecule has 1 amide bonds. The highest BCUT2D eigenvalue weighted by Crippen LogP contribution is 2.27. The number of nitrogens with zero attached hydrogens (tertiary/aromatic N) is 1. The monoisotopic (exact) mass is 287 g/mol. The zero-order chi connectivity index (χ0) is 15.5. The van der Waals surface area contributed by atoms with E-state index in [0.717, 1.165) is 4.90 Å². The molecule has 0 radical (unpaired) electrons. The Hall–Kier alpha value is -1.79. The van der Waals surface area contributed by atoms with Crippen LogP contribution < -0.4 is 0 Å². The third-order valence-electron chi connectivity index (χ3n) is 3.02. The van der Waals surface area contributed by atoms with Gasteiger partial charge in [0.1, 0.15) is 11.6 Å². The number of likely N-dealkylation sites (tertiary alicyclic amines) is 1. The van der Waals surface area contributed by atoms with E-state index in [1.807, 2.05) is 0 Å². The molecule has 1 aliphatic heterocycles. The number of carboxylic acid groups (broad SMARTS) is 1. The summed E-state index contributed by atoms with van der Waals surface area (Å²) in [5.74, 6) is -2.71. The summed E-state index contributed by atoms with van der Waals surface area (Å²) in [4.78, 5) is 36.2. The number of carbonyl (C=O) groups excluding carboxylic acids is 2. The van der Waals surface area contributed by atoms with E-state index in [1.54, 1.807) is 20.8 Å². The Morgan fingerprint density at radius 2 is 1.85 bits per heavy atom. The summed E-state index contributed by atoms with van der Waals surface area (Å²) < 4.78 is 9.81. The summed E-state index contributed by atoms with van der Waals surface area (Å²) >= 11 is 0. The number of rotatable bonds is 2. The van der Waals surface area contributed by atoms with Gasteiger partial charge in [0, 0.05) is 6.54 Å². The second kappa shape index (κ2) is 6.11. The molecule has 114 valence electrons. The van der Waals surface area contributed by atoms with Crippen LogP contribution in [0.1, 0.15) is 33.6 Å². The van der Waals surface area contributed by atoms with Crippen LogP contribution in [-0.4, -0.2) is 53.3 Å². The summed E-state index contributed by atoms with van der Waals surface area (Å²) in [5, 5.41) is 9.31. The van der Waals surface area contributed by atoms with Crippen molar-refractivity contribution in [3.8, 4) is 0 Å². The minimum atomic E-state index is -1.24. The average Bonchev–Trinajstić information content (AvgIpc) is 2.34. The minimum absolute atomic E-state index is 0.249. The van der Waals surface area contributed by atoms with Crippen LogP contribution in [0.3, 0.4) is 0 Å². The highest BCUT2D eigenvalue weighted by atomic mass is 16.6. The van der Waals surface area contributed by atoms with Crippen molar-refractivity contribution in [2.24, 2.45) is 5.92 Å². The lowest BCUT2D eigenvalue weighted by atomic mass is 9.89. The molecule has 1 heterocycles. The molecule has 1 saturated heterocycles. The maximum atomic E-state index is 12.1. The number of carbonyl (C=O) groups is 3. The molecule has 0 bridgehead atoms. The van der Waals surface area contributed by atoms with Gasteiger partial charge in [-0.05, 0) is 33.6 Å². The molecule has 0 aliphatic carbocycles. The summed E-state index contributed by atoms with van der Waals surface area (Å²) in [7, 11) is 1.20. The standard InChI is InChI=1S/C13H21NO6/c1-13(2,3)20-12(18)14-7-5-6-8(11(17)19-4)9(14)10(15)16/h8-9H,5-7H2,1-4H3,(H,15,16)/t8-,9-/m1/s1. The van der Waals surface area contributed by atoms with Gasteiger partial charge in [-0.1, -0.05) is 0 Å². The van der Waals surface area contributed by atoms with Crippen LogP contribution in [0.4, 0.5) is 4.79 Å². The van der Waals surface area contributed by atoms with Crippen molar-refractivity contribution in [1.29, 1.82) is 0 Å². The smallest absolute Gasteiger partial charge is 0.411 e. The molecule has 1 rings (SSSR count). The quantitative estimate of drug-likeness (QED) is 0.768. The van der Waals surface area contributed by atoms with Gasteiger partial charge in [-0.25, -0.2) is 9.59 Å². The predicted molar refractivity (Wildman–Crippen MR) is 69.1 cm³/mol. The predicted octanol–water partition coefficient (Wildman–Crippen LogP) is 1.26. The van der Waals surface area contributed by atoms with Gasteiger partial charge >= 0.3 is 18.0 Å². The first kappa shape index (κ1) is 16.3. The summed E-state index contributed by atoms with van der Waals surface area (Å²) in [6.45, 7) is 5.34. The summed E-state index contributed by atoms with van der Waals surface area (Å²) in [5.41, 5.74) is -0.724. The Labute approximate surface area is 117 Å². The molecule has 2 atom stereocenters. The van der Waals surface area contributed by atoms with Crippen molar-refractivity contribution in [3.63, 3.8) is 0 Å². The second-order valence-corrected chi connectivity index (χ2v) is 5.73. The van der Waals surface area contributed by atoms with Crippen molar-refractivity contribution in [3.05, 3.63) is 0 Å². The van der Waals surface area contributed by atoms with Gasteiger partial charge in [0.2, 0.25) is 0 Å². The normalized spacial score (nSPS) is 23.1. The van der Waals surface area contributed by atoms with Gasteiger partial charge in [-0.3, -0.25) is 9.69 Å². The molecule has 0 unspecified atom stereocenters. The van der Waals surface area contributed by atoms with Crippen LogP contribution in [0.15, 0.2) is 0 Å². The van der Waals surface area contributed by atoms with Crippen LogP contribution in [-0.2, 0) is 19.1 Å². The molecule has 1 aliphatic rings. The maximum Gasteiger partial charge on any atom is 0.411 e. The Morgan fingerprint density at radius 3 is 2.30 bits per heavy atom. The molecule has 1 N–H and O–H groups in total. The SMILES string of the molecule is COC(=O)[C@@H]1CCCN(C(=O)OC(C)(C)C)[C@H]1C(=O)O. The van der Waals surface area contributed by atoms with Crippen LogP contribution in [0.5, 0.6) is 0 Å². The number of aliphatic carboxylic acids is 1. The molecule has 0 saturated carbocycles. The van der Waals surface area contributed by atoms with Crippen molar-refractivity contribution >= 4 is 18.0 Å². The number of amides is 1. The Balaban J connectivity index is 2.96. The molecule has 20 heavy (non-hydrogen) atoms. The topological polar surface area (TPSA) is 93.1 Å². The maximum absolute atomic E-state index is 12.1. The molecular weight excluding hydrogens is 266 g/mol. The van der Waals surface area contributed by atoms with Crippen LogP contribution >= 0.6 is 0 Å². The number of methoxy groups -OCH3 is 1. The van der Waals surface area contributed by atoms with E-state index >= 15 is 0 Å². The van der Waals surface area contributed by atoms with Gasteiger partial charge < -0.3 is 14.6 Å². The highest BCUT2D eigenvalue weighted by molar-refractivity contribution is 5.87. The fourth-order valence-electron chi connectivity index (χ4n) is 2.22. The lowest BCUT2D eigenvalue weighted by Gasteiger charge is -2.37. The molecule has 1 fully saturated rings. The van der Waals surface area contributed by atoms with E-state index in [4.69, 9.17) is 4.74 Å². The first-order valence-electron chi connectivity index (χ1n) is 6.47. The van der Waals surface area contributed by atoms with E-state index in [-0.39, 0.29) is 6.54 Å². The van der Waals surface area contributed by atoms with Crippen molar-refractivity contribution in [1.82, 2.24) is 4.90 Å². The number of hydrogen-bond donors (Lipinski definition) is 1. The third-order valence-corrected chi connectivity index (χ3v) is 3.02. The van der Waals surface area contributed by atoms with Crippen molar-refractivity contribution in [2.75, 3.05) is 13.7 Å². The molecule has 7 heteroatoms. The lowest BCUT2D eigenvalue weighted by molar-refractivity contribution is -0.159. The van der Waals surface area contributed by atoms with Gasteiger partial charge in [0.25, 0.3) is 0 Å². The molecule has 7 nitrogen and oxygen atoms in total. The molecule has 0 spiro atoms. The number of ether oxygens (including phenoxy) is 2. The van der Waals surface area contributed by atoms with Gasteiger partial charge in [0.05, 0.1) is 13.0 Å². The average molecular weight is 287 g/mol. The number of hydrogen-bond acceptors (Lipinski definition) is 5. The first-order valence-corrected chi connectivity index (χ1v) is 6.47. The molecular formula is C13H21NO6. The number of piperidine rings is 1. The largest absolute Gasteiger partial charge is 0.480 e. The van der Waals surface area contributed by atoms with Crippen molar-refractivity contribution < 1.29 is 29.0 Å². The van der Waals surface area contributed by atoms with E-state index in [0.29, 0.717) is 12.8 Å². The minimum Gasteiger partial charge on any atom is -0.480 e. The van der Waals surface area contributed by atoms with E-state index in [1.165, 1.54) is 7.11 Å². The fraction of sp³-hybridized carbons (Fsp3) is 0.769. The van der Waals surface area contributed by atoms with Crippen LogP contribution in [0.25, 0.3) is 0 Å². The Morgan fingerprint density at radius 1 is 1.25 bits per heavy atom. The molecule has 0 aromatic heterocycles. The van der Waals surface area contributed by atoms with E-state index in [9.17, 15) is 19.5 Å². The zero-order valence-electron chi connectivity index (χ0n) is 12.2. The number of carboxylic acids is 1. The first-order chi connectivity index (χ1) is 9.17. The van der Waals surface area contributed by atoms with Gasteiger partial charge in [0.15, 0.2) is 0 Å². The Bertz CT molecular complexity index is 400. The zero-order valence-corrected chi connectivity index (χ0v) is 12.2. The van der Waals surface area contributed by atoms with E-state index < -0.39 is 35.6 Å². The second-order valence-electron chi connectivity index (χ2n) is 5.73. The van der Waals surface area contributed by atoms with Gasteiger partial charge in [-0.15, -0.1) is 0 Å². The Kier molecular flexibility index (Phi) is 4.97. The lowest BCUT2D eigenvalue weighted by Crippen LogP contribution is -2.55.